The zero-order valence-electron chi connectivity index (χ0n) is 16.1. The molecule has 3 aromatic rings. The maximum absolute atomic E-state index is 6.51. The molecular weight excluding hydrogens is 374 g/mol. The smallest absolute Gasteiger partial charge is 0.278 e. The summed E-state index contributed by atoms with van der Waals surface area (Å²) in [5, 5.41) is 9.13. The summed E-state index contributed by atoms with van der Waals surface area (Å²) in [7, 11) is 0. The maximum atomic E-state index is 6.51. The lowest BCUT2D eigenvalue weighted by atomic mass is 9.95. The Kier molecular flexibility index (Phi) is 5.02. The topological polar surface area (TPSA) is 82.8 Å². The van der Waals surface area contributed by atoms with Gasteiger partial charge >= 0.3 is 0 Å². The summed E-state index contributed by atoms with van der Waals surface area (Å²) in [6.45, 7) is 2.10. The molecule has 2 aliphatic rings. The first-order chi connectivity index (χ1) is 13.1. The lowest BCUT2D eigenvalue weighted by Gasteiger charge is -2.17. The molecule has 2 aromatic heterocycles. The van der Waals surface area contributed by atoms with Crippen LogP contribution < -0.4 is 5.73 Å². The highest BCUT2D eigenvalue weighted by Crippen LogP contribution is 2.37. The van der Waals surface area contributed by atoms with E-state index in [2.05, 4.69) is 46.0 Å². The normalized spacial score (nSPS) is 17.9. The SMILES string of the molecule is Cc1ccc(-n2nc(-c3nc(C4(N)CCCC4)no3)c3c2CCCC3)cc1.Cl. The Bertz CT molecular complexity index is 969. The molecule has 2 N–H and O–H groups in total. The van der Waals surface area contributed by atoms with Crippen molar-refractivity contribution >= 4 is 12.4 Å². The van der Waals surface area contributed by atoms with E-state index >= 15 is 0 Å². The highest BCUT2D eigenvalue weighted by molar-refractivity contribution is 5.85. The molecule has 0 radical (unpaired) electrons. The van der Waals surface area contributed by atoms with E-state index in [1.165, 1.54) is 29.7 Å². The van der Waals surface area contributed by atoms with Gasteiger partial charge in [-0.05, 0) is 57.6 Å². The molecule has 5 rings (SSSR count). The fraction of sp³-hybridized carbons (Fsp3) is 0.476. The number of rotatable bonds is 3. The summed E-state index contributed by atoms with van der Waals surface area (Å²) in [5.41, 5.74) is 11.7. The molecule has 0 saturated heterocycles. The Morgan fingerprint density at radius 1 is 1.04 bits per heavy atom. The van der Waals surface area contributed by atoms with Crippen LogP contribution in [0.25, 0.3) is 17.3 Å². The van der Waals surface area contributed by atoms with E-state index in [1.54, 1.807) is 0 Å². The molecule has 0 aliphatic heterocycles. The average molecular weight is 400 g/mol. The first-order valence-electron chi connectivity index (χ1n) is 9.95. The van der Waals surface area contributed by atoms with Crippen molar-refractivity contribution in [3.8, 4) is 17.3 Å². The molecule has 0 atom stereocenters. The molecule has 2 aliphatic carbocycles. The van der Waals surface area contributed by atoms with Crippen LogP contribution in [0.4, 0.5) is 0 Å². The fourth-order valence-corrected chi connectivity index (χ4v) is 4.42. The Labute approximate surface area is 170 Å². The number of nitrogens with two attached hydrogens (primary N) is 1. The van der Waals surface area contributed by atoms with Crippen LogP contribution in [0.5, 0.6) is 0 Å². The number of fused-ring (bicyclic) bond motifs is 1. The van der Waals surface area contributed by atoms with Gasteiger partial charge in [-0.2, -0.15) is 10.1 Å². The fourth-order valence-electron chi connectivity index (χ4n) is 4.42. The zero-order chi connectivity index (χ0) is 18.4. The molecule has 0 unspecified atom stereocenters. The van der Waals surface area contributed by atoms with E-state index < -0.39 is 5.54 Å². The maximum Gasteiger partial charge on any atom is 0.278 e. The van der Waals surface area contributed by atoms with Gasteiger partial charge in [-0.1, -0.05) is 35.7 Å². The van der Waals surface area contributed by atoms with E-state index in [4.69, 9.17) is 15.4 Å². The number of halogens is 1. The van der Waals surface area contributed by atoms with Crippen LogP contribution in [-0.4, -0.2) is 19.9 Å². The van der Waals surface area contributed by atoms with Crippen LogP contribution in [0.15, 0.2) is 28.8 Å². The van der Waals surface area contributed by atoms with Gasteiger partial charge in [-0.3, -0.25) is 0 Å². The van der Waals surface area contributed by atoms with Crippen molar-refractivity contribution in [1.29, 1.82) is 0 Å². The highest BCUT2D eigenvalue weighted by atomic mass is 35.5. The molecule has 28 heavy (non-hydrogen) atoms. The highest BCUT2D eigenvalue weighted by Gasteiger charge is 2.37. The lowest BCUT2D eigenvalue weighted by molar-refractivity contribution is 0.372. The predicted octanol–water partition coefficient (Wildman–Crippen LogP) is 4.26. The summed E-state index contributed by atoms with van der Waals surface area (Å²) < 4.78 is 7.70. The van der Waals surface area contributed by atoms with Gasteiger partial charge < -0.3 is 10.3 Å². The first kappa shape index (κ1) is 19.2. The van der Waals surface area contributed by atoms with E-state index in [9.17, 15) is 0 Å². The Morgan fingerprint density at radius 2 is 1.75 bits per heavy atom. The second-order valence-electron chi connectivity index (χ2n) is 8.01. The molecule has 1 aromatic carbocycles. The van der Waals surface area contributed by atoms with Crippen molar-refractivity contribution in [3.63, 3.8) is 0 Å². The molecule has 0 spiro atoms. The van der Waals surface area contributed by atoms with Crippen LogP contribution in [-0.2, 0) is 18.4 Å². The van der Waals surface area contributed by atoms with Crippen molar-refractivity contribution in [2.75, 3.05) is 0 Å². The number of benzene rings is 1. The number of nitrogens with zero attached hydrogens (tertiary/aromatic N) is 4. The molecule has 2 heterocycles. The molecule has 1 fully saturated rings. The molecule has 0 amide bonds. The van der Waals surface area contributed by atoms with Gasteiger partial charge in [0.25, 0.3) is 5.89 Å². The van der Waals surface area contributed by atoms with Crippen LogP contribution >= 0.6 is 12.4 Å². The predicted molar refractivity (Wildman–Crippen MR) is 110 cm³/mol. The lowest BCUT2D eigenvalue weighted by Crippen LogP contribution is -2.34. The van der Waals surface area contributed by atoms with Crippen LogP contribution in [0.1, 0.15) is 61.2 Å². The quantitative estimate of drug-likeness (QED) is 0.711. The van der Waals surface area contributed by atoms with Gasteiger partial charge in [-0.15, -0.1) is 12.4 Å². The van der Waals surface area contributed by atoms with E-state index in [0.29, 0.717) is 11.7 Å². The summed E-state index contributed by atoms with van der Waals surface area (Å²) in [6.07, 6.45) is 8.46. The van der Waals surface area contributed by atoms with Crippen LogP contribution in [0, 0.1) is 6.92 Å². The Balaban J connectivity index is 0.00000192. The number of aryl methyl sites for hydroxylation is 1. The second-order valence-corrected chi connectivity index (χ2v) is 8.01. The van der Waals surface area contributed by atoms with E-state index in [0.717, 1.165) is 49.9 Å². The Morgan fingerprint density at radius 3 is 2.50 bits per heavy atom. The van der Waals surface area contributed by atoms with Crippen molar-refractivity contribution in [3.05, 3.63) is 46.9 Å². The number of hydrogen-bond acceptors (Lipinski definition) is 5. The summed E-state index contributed by atoms with van der Waals surface area (Å²) >= 11 is 0. The first-order valence-corrected chi connectivity index (χ1v) is 9.95. The monoisotopic (exact) mass is 399 g/mol. The molecule has 0 bridgehead atoms. The summed E-state index contributed by atoms with van der Waals surface area (Å²) in [6, 6.07) is 8.48. The summed E-state index contributed by atoms with van der Waals surface area (Å²) in [5.74, 6) is 1.13. The third kappa shape index (κ3) is 3.14. The number of hydrogen-bond donors (Lipinski definition) is 1. The minimum Gasteiger partial charge on any atom is -0.332 e. The second kappa shape index (κ2) is 7.33. The van der Waals surface area contributed by atoms with Crippen LogP contribution in [0.3, 0.4) is 0 Å². The summed E-state index contributed by atoms with van der Waals surface area (Å²) in [4.78, 5) is 4.68. The molecule has 1 saturated carbocycles. The third-order valence-corrected chi connectivity index (χ3v) is 6.03. The van der Waals surface area contributed by atoms with Crippen molar-refractivity contribution < 1.29 is 4.52 Å². The van der Waals surface area contributed by atoms with Gasteiger partial charge in [0.05, 0.1) is 11.2 Å². The largest absolute Gasteiger partial charge is 0.332 e. The van der Waals surface area contributed by atoms with E-state index in [-0.39, 0.29) is 12.4 Å². The van der Waals surface area contributed by atoms with Crippen molar-refractivity contribution in [2.24, 2.45) is 5.73 Å². The van der Waals surface area contributed by atoms with Gasteiger partial charge in [0.15, 0.2) is 11.5 Å². The molecule has 148 valence electrons. The van der Waals surface area contributed by atoms with Crippen molar-refractivity contribution in [2.45, 2.75) is 63.8 Å². The molecule has 7 heteroatoms. The molecular formula is C21H26ClN5O. The van der Waals surface area contributed by atoms with Gasteiger partial charge in [-0.25, -0.2) is 4.68 Å². The van der Waals surface area contributed by atoms with Gasteiger partial charge in [0.2, 0.25) is 0 Å². The standard InChI is InChI=1S/C21H25N5O.ClH/c1-14-8-10-15(11-9-14)26-17-7-3-2-6-16(17)18(24-26)19-23-20(25-27-19)21(22)12-4-5-13-21;/h8-11H,2-7,12-13,22H2,1H3;1H. The Hall–Kier alpha value is -2.18. The number of aromatic nitrogens is 4. The van der Waals surface area contributed by atoms with Crippen molar-refractivity contribution in [1.82, 2.24) is 19.9 Å². The zero-order valence-corrected chi connectivity index (χ0v) is 17.0. The van der Waals surface area contributed by atoms with Gasteiger partial charge in [0.1, 0.15) is 0 Å². The van der Waals surface area contributed by atoms with E-state index in [1.807, 2.05) is 0 Å². The third-order valence-electron chi connectivity index (χ3n) is 6.03. The van der Waals surface area contributed by atoms with Crippen LogP contribution in [0.2, 0.25) is 0 Å². The minimum atomic E-state index is -0.443. The average Bonchev–Trinajstić information content (AvgIpc) is 3.41. The molecule has 6 nitrogen and oxygen atoms in total. The van der Waals surface area contributed by atoms with Gasteiger partial charge in [0, 0.05) is 11.3 Å². The minimum absolute atomic E-state index is 0.